The lowest BCUT2D eigenvalue weighted by Crippen LogP contribution is -2.33. The molecule has 1 atom stereocenters. The number of hydrazone groups is 1. The van der Waals surface area contributed by atoms with Crippen molar-refractivity contribution >= 4 is 11.6 Å². The molecule has 1 aromatic carbocycles. The Morgan fingerprint density at radius 1 is 1.22 bits per heavy atom. The third-order valence-electron chi connectivity index (χ3n) is 6.69. The van der Waals surface area contributed by atoms with Gasteiger partial charge in [0.2, 0.25) is 11.8 Å². The van der Waals surface area contributed by atoms with Crippen LogP contribution in [0.15, 0.2) is 29.4 Å². The molecule has 9 heteroatoms. The largest absolute Gasteiger partial charge is 0.490 e. The first-order valence-corrected chi connectivity index (χ1v) is 12.8. The zero-order valence-electron chi connectivity index (χ0n) is 21.5. The van der Waals surface area contributed by atoms with Gasteiger partial charge in [0.1, 0.15) is 18.5 Å². The number of pyridine rings is 1. The molecule has 1 aromatic heterocycles. The molecule has 9 nitrogen and oxygen atoms in total. The van der Waals surface area contributed by atoms with Gasteiger partial charge in [-0.1, -0.05) is 19.8 Å². The summed E-state index contributed by atoms with van der Waals surface area (Å²) >= 11 is 0. The van der Waals surface area contributed by atoms with E-state index in [1.807, 2.05) is 24.1 Å². The Balaban J connectivity index is 1.50. The minimum Gasteiger partial charge on any atom is -0.490 e. The molecule has 2 heterocycles. The molecule has 0 bridgehead atoms. The standard InChI is InChI=1S/C27H38N4O5/c1-4-19-12-22(11-18(2)26(19)35-16-23(33)15-28-9-10-32)31-17-36-27(30-31)21-13-24(20-7-5-6-8-20)29-25(14-21)34-3/h11-14,20,23,28,32-33H,4-10,15-17H2,1-3H3/t23-/m0/s1. The molecule has 1 fully saturated rings. The van der Waals surface area contributed by atoms with E-state index in [1.54, 1.807) is 7.11 Å². The summed E-state index contributed by atoms with van der Waals surface area (Å²) in [4.78, 5) is 4.68. The SMILES string of the molecule is CCc1cc(N2COC(c3cc(OC)nc(C4CCCC4)c3)=N2)cc(C)c1OC[C@@H](O)CNCCO. The molecule has 2 aliphatic rings. The van der Waals surface area contributed by atoms with Gasteiger partial charge in [-0.3, -0.25) is 0 Å². The molecule has 1 aliphatic carbocycles. The van der Waals surface area contributed by atoms with E-state index in [-0.39, 0.29) is 13.2 Å². The van der Waals surface area contributed by atoms with Crippen molar-refractivity contribution in [3.63, 3.8) is 0 Å². The number of nitrogens with zero attached hydrogens (tertiary/aromatic N) is 3. The number of aliphatic hydroxyl groups excluding tert-OH is 2. The van der Waals surface area contributed by atoms with Crippen molar-refractivity contribution in [2.75, 3.05) is 45.2 Å². The zero-order chi connectivity index (χ0) is 25.5. The highest BCUT2D eigenvalue weighted by Crippen LogP contribution is 2.35. The lowest BCUT2D eigenvalue weighted by molar-refractivity contribution is 0.104. The highest BCUT2D eigenvalue weighted by molar-refractivity contribution is 5.96. The Kier molecular flexibility index (Phi) is 9.01. The van der Waals surface area contributed by atoms with Crippen LogP contribution in [-0.2, 0) is 11.2 Å². The number of nitrogens with one attached hydrogen (secondary N) is 1. The van der Waals surface area contributed by atoms with E-state index in [2.05, 4.69) is 29.4 Å². The summed E-state index contributed by atoms with van der Waals surface area (Å²) in [5.74, 6) is 2.39. The van der Waals surface area contributed by atoms with Gasteiger partial charge in [-0.2, -0.15) is 0 Å². The molecule has 1 aliphatic heterocycles. The number of aliphatic hydroxyl groups is 2. The summed E-state index contributed by atoms with van der Waals surface area (Å²) in [6, 6.07) is 8.05. The van der Waals surface area contributed by atoms with Crippen LogP contribution in [0.3, 0.4) is 0 Å². The molecule has 4 rings (SSSR count). The second kappa shape index (κ2) is 12.4. The molecule has 0 amide bonds. The van der Waals surface area contributed by atoms with Crippen LogP contribution in [0.25, 0.3) is 0 Å². The van der Waals surface area contributed by atoms with Gasteiger partial charge in [0.05, 0.1) is 19.4 Å². The summed E-state index contributed by atoms with van der Waals surface area (Å²) in [5, 5.41) is 28.6. The lowest BCUT2D eigenvalue weighted by atomic mass is 10.0. The van der Waals surface area contributed by atoms with E-state index in [9.17, 15) is 5.11 Å². The normalized spacial score (nSPS) is 16.7. The Hall–Kier alpha value is -2.88. The molecule has 36 heavy (non-hydrogen) atoms. The van der Waals surface area contributed by atoms with Gasteiger partial charge in [0, 0.05) is 36.3 Å². The molecular formula is C27H38N4O5. The van der Waals surface area contributed by atoms with E-state index in [4.69, 9.17) is 24.4 Å². The summed E-state index contributed by atoms with van der Waals surface area (Å²) in [7, 11) is 1.64. The molecule has 0 radical (unpaired) electrons. The first-order chi connectivity index (χ1) is 17.5. The van der Waals surface area contributed by atoms with Crippen molar-refractivity contribution in [1.82, 2.24) is 10.3 Å². The third-order valence-corrected chi connectivity index (χ3v) is 6.69. The van der Waals surface area contributed by atoms with E-state index < -0.39 is 6.10 Å². The Morgan fingerprint density at radius 3 is 2.75 bits per heavy atom. The van der Waals surface area contributed by atoms with Gasteiger partial charge in [0.15, 0.2) is 6.73 Å². The van der Waals surface area contributed by atoms with E-state index in [1.165, 1.54) is 12.8 Å². The second-order valence-corrected chi connectivity index (χ2v) is 9.38. The quantitative estimate of drug-likeness (QED) is 0.383. The Labute approximate surface area is 213 Å². The fourth-order valence-electron chi connectivity index (χ4n) is 4.78. The first-order valence-electron chi connectivity index (χ1n) is 12.8. The maximum absolute atomic E-state index is 10.2. The predicted molar refractivity (Wildman–Crippen MR) is 139 cm³/mol. The summed E-state index contributed by atoms with van der Waals surface area (Å²) in [6.45, 7) is 5.41. The molecule has 1 saturated carbocycles. The lowest BCUT2D eigenvalue weighted by Gasteiger charge is -2.20. The van der Waals surface area contributed by atoms with Crippen LogP contribution in [0.5, 0.6) is 11.6 Å². The number of aromatic nitrogens is 1. The summed E-state index contributed by atoms with van der Waals surface area (Å²) in [6.07, 6.45) is 4.91. The zero-order valence-corrected chi connectivity index (χ0v) is 21.5. The van der Waals surface area contributed by atoms with Crippen molar-refractivity contribution in [3.05, 3.63) is 46.6 Å². The molecule has 0 unspecified atom stereocenters. The van der Waals surface area contributed by atoms with Crippen LogP contribution < -0.4 is 19.8 Å². The monoisotopic (exact) mass is 498 g/mol. The Morgan fingerprint density at radius 2 is 2.03 bits per heavy atom. The molecule has 2 aromatic rings. The molecule has 196 valence electrons. The highest BCUT2D eigenvalue weighted by atomic mass is 16.5. The van der Waals surface area contributed by atoms with Gasteiger partial charge in [-0.05, 0) is 55.5 Å². The van der Waals surface area contributed by atoms with E-state index in [0.29, 0.717) is 37.5 Å². The van der Waals surface area contributed by atoms with Gasteiger partial charge in [-0.25, -0.2) is 9.99 Å². The third kappa shape index (κ3) is 6.27. The average molecular weight is 499 g/mol. The van der Waals surface area contributed by atoms with Gasteiger partial charge >= 0.3 is 0 Å². The van der Waals surface area contributed by atoms with Crippen LogP contribution in [0.1, 0.15) is 60.9 Å². The van der Waals surface area contributed by atoms with E-state index in [0.717, 1.165) is 53.1 Å². The van der Waals surface area contributed by atoms with Crippen molar-refractivity contribution in [1.29, 1.82) is 0 Å². The fourth-order valence-corrected chi connectivity index (χ4v) is 4.78. The molecular weight excluding hydrogens is 460 g/mol. The number of anilines is 1. The van der Waals surface area contributed by atoms with Crippen LogP contribution in [0, 0.1) is 6.92 Å². The van der Waals surface area contributed by atoms with Crippen molar-refractivity contribution in [2.45, 2.75) is 58.0 Å². The summed E-state index contributed by atoms with van der Waals surface area (Å²) in [5.41, 5.74) is 4.86. The van der Waals surface area contributed by atoms with Crippen molar-refractivity contribution in [3.8, 4) is 11.6 Å². The number of hydrogen-bond donors (Lipinski definition) is 3. The van der Waals surface area contributed by atoms with Crippen LogP contribution in [0.2, 0.25) is 0 Å². The molecule has 3 N–H and O–H groups in total. The smallest absolute Gasteiger partial charge is 0.240 e. The number of hydrogen-bond acceptors (Lipinski definition) is 9. The highest BCUT2D eigenvalue weighted by Gasteiger charge is 2.25. The van der Waals surface area contributed by atoms with Crippen molar-refractivity contribution < 1.29 is 24.4 Å². The van der Waals surface area contributed by atoms with E-state index >= 15 is 0 Å². The van der Waals surface area contributed by atoms with Gasteiger partial charge < -0.3 is 29.7 Å². The number of benzene rings is 1. The minimum atomic E-state index is -0.661. The van der Waals surface area contributed by atoms with Gasteiger partial charge in [-0.15, -0.1) is 5.10 Å². The fraction of sp³-hybridized carbons (Fsp3) is 0.556. The summed E-state index contributed by atoms with van der Waals surface area (Å²) < 4.78 is 17.5. The average Bonchev–Trinajstić information content (AvgIpc) is 3.60. The van der Waals surface area contributed by atoms with Crippen molar-refractivity contribution in [2.24, 2.45) is 5.10 Å². The minimum absolute atomic E-state index is 0.0366. The topological polar surface area (TPSA) is 109 Å². The van der Waals surface area contributed by atoms with Crippen LogP contribution in [-0.4, -0.2) is 67.3 Å². The first kappa shape index (κ1) is 26.2. The van der Waals surface area contributed by atoms with Gasteiger partial charge in [0.25, 0.3) is 0 Å². The predicted octanol–water partition coefficient (Wildman–Crippen LogP) is 3.10. The molecule has 0 spiro atoms. The second-order valence-electron chi connectivity index (χ2n) is 9.38. The van der Waals surface area contributed by atoms with Crippen LogP contribution >= 0.6 is 0 Å². The maximum Gasteiger partial charge on any atom is 0.240 e. The molecule has 0 saturated heterocycles. The number of rotatable bonds is 12. The maximum atomic E-state index is 10.2. The Bertz CT molecular complexity index is 1050. The van der Waals surface area contributed by atoms with Crippen LogP contribution in [0.4, 0.5) is 5.69 Å². The number of ether oxygens (including phenoxy) is 3. The number of methoxy groups -OCH3 is 1. The number of aryl methyl sites for hydroxylation is 2.